The van der Waals surface area contributed by atoms with Crippen LogP contribution in [0.4, 0.5) is 0 Å². The molecule has 0 spiro atoms. The minimum Gasteiger partial charge on any atom is -0.495 e. The number of sulfonamides is 1. The maximum absolute atomic E-state index is 13.0. The Hall–Kier alpha value is -2.46. The molecule has 1 aliphatic heterocycles. The second kappa shape index (κ2) is 9.57. The molecular weight excluding hydrogens is 434 g/mol. The molecule has 0 radical (unpaired) electrons. The topological polar surface area (TPSA) is 99.2 Å². The van der Waals surface area contributed by atoms with Gasteiger partial charge in [-0.15, -0.1) is 0 Å². The van der Waals surface area contributed by atoms with Crippen molar-refractivity contribution in [1.82, 2.24) is 4.31 Å². The average molecular weight is 454 g/mol. The van der Waals surface area contributed by atoms with Crippen LogP contribution in [-0.2, 0) is 19.5 Å². The molecule has 1 saturated heterocycles. The molecule has 1 aliphatic rings. The number of hydrogen-bond acceptors (Lipinski definition) is 7. The number of carbonyl (C=O) groups is 2. The van der Waals surface area contributed by atoms with Gasteiger partial charge < -0.3 is 14.2 Å². The fourth-order valence-electron chi connectivity index (χ4n) is 2.89. The molecule has 3 rings (SSSR count). The molecular formula is C20H20ClNO7S. The molecule has 160 valence electrons. The molecule has 0 atom stereocenters. The van der Waals surface area contributed by atoms with Crippen LogP contribution >= 0.6 is 11.6 Å². The number of carbonyl (C=O) groups excluding carboxylic acids is 2. The molecule has 1 heterocycles. The highest BCUT2D eigenvalue weighted by Crippen LogP contribution is 2.28. The highest BCUT2D eigenvalue weighted by atomic mass is 35.5. The van der Waals surface area contributed by atoms with E-state index in [0.717, 1.165) is 0 Å². The van der Waals surface area contributed by atoms with E-state index in [4.69, 9.17) is 25.8 Å². The zero-order valence-corrected chi connectivity index (χ0v) is 17.7. The third-order valence-corrected chi connectivity index (χ3v) is 6.62. The van der Waals surface area contributed by atoms with E-state index in [0.29, 0.717) is 10.6 Å². The van der Waals surface area contributed by atoms with Gasteiger partial charge in [0.25, 0.3) is 0 Å². The fraction of sp³-hybridized carbons (Fsp3) is 0.300. The minimum absolute atomic E-state index is 0.0125. The van der Waals surface area contributed by atoms with Crippen molar-refractivity contribution in [2.45, 2.75) is 4.90 Å². The van der Waals surface area contributed by atoms with E-state index in [1.165, 1.54) is 35.7 Å². The lowest BCUT2D eigenvalue weighted by Gasteiger charge is -2.26. The van der Waals surface area contributed by atoms with Gasteiger partial charge in [-0.3, -0.25) is 4.79 Å². The van der Waals surface area contributed by atoms with Crippen molar-refractivity contribution < 1.29 is 32.2 Å². The second-order valence-electron chi connectivity index (χ2n) is 6.39. The quantitative estimate of drug-likeness (QED) is 0.469. The monoisotopic (exact) mass is 453 g/mol. The van der Waals surface area contributed by atoms with Crippen LogP contribution in [0.15, 0.2) is 47.4 Å². The van der Waals surface area contributed by atoms with Crippen LogP contribution in [0.2, 0.25) is 5.02 Å². The van der Waals surface area contributed by atoms with Crippen LogP contribution in [0, 0.1) is 0 Å². The number of ketones is 1. The molecule has 0 aliphatic carbocycles. The van der Waals surface area contributed by atoms with Gasteiger partial charge in [0, 0.05) is 23.7 Å². The van der Waals surface area contributed by atoms with Gasteiger partial charge in [-0.1, -0.05) is 23.7 Å². The molecule has 0 unspecified atom stereocenters. The molecule has 2 aromatic carbocycles. The van der Waals surface area contributed by atoms with Crippen LogP contribution < -0.4 is 4.74 Å². The van der Waals surface area contributed by atoms with Crippen molar-refractivity contribution in [3.05, 3.63) is 58.6 Å². The number of benzene rings is 2. The Morgan fingerprint density at radius 3 is 2.50 bits per heavy atom. The van der Waals surface area contributed by atoms with E-state index in [-0.39, 0.29) is 42.5 Å². The molecule has 0 N–H and O–H groups in total. The number of methoxy groups -OCH3 is 1. The normalized spacial score (nSPS) is 14.9. The van der Waals surface area contributed by atoms with Crippen LogP contribution in [0.3, 0.4) is 0 Å². The van der Waals surface area contributed by atoms with Gasteiger partial charge >= 0.3 is 5.97 Å². The first-order valence-electron chi connectivity index (χ1n) is 9.05. The van der Waals surface area contributed by atoms with Gasteiger partial charge in [0.15, 0.2) is 12.4 Å². The number of morpholine rings is 1. The number of halogens is 1. The van der Waals surface area contributed by atoms with Crippen LogP contribution in [0.25, 0.3) is 0 Å². The van der Waals surface area contributed by atoms with E-state index >= 15 is 0 Å². The molecule has 8 nitrogen and oxygen atoms in total. The summed E-state index contributed by atoms with van der Waals surface area (Å²) in [5.74, 6) is -1.15. The summed E-state index contributed by atoms with van der Waals surface area (Å²) in [7, 11) is -2.56. The predicted molar refractivity (Wildman–Crippen MR) is 109 cm³/mol. The molecule has 0 saturated carbocycles. The smallest absolute Gasteiger partial charge is 0.338 e. The predicted octanol–water partition coefficient (Wildman–Crippen LogP) is 2.41. The van der Waals surface area contributed by atoms with E-state index in [9.17, 15) is 18.0 Å². The number of nitrogens with zero attached hydrogens (tertiary/aromatic N) is 1. The Kier molecular flexibility index (Phi) is 7.09. The summed E-state index contributed by atoms with van der Waals surface area (Å²) in [6.45, 7) is 0.475. The average Bonchev–Trinajstić information content (AvgIpc) is 2.77. The van der Waals surface area contributed by atoms with Crippen LogP contribution in [-0.4, -0.2) is 64.5 Å². The number of esters is 1. The lowest BCUT2D eigenvalue weighted by Crippen LogP contribution is -2.40. The van der Waals surface area contributed by atoms with Crippen LogP contribution in [0.5, 0.6) is 5.75 Å². The third kappa shape index (κ3) is 4.99. The van der Waals surface area contributed by atoms with Crippen molar-refractivity contribution in [3.8, 4) is 5.75 Å². The Labute approximate surface area is 179 Å². The van der Waals surface area contributed by atoms with Crippen molar-refractivity contribution in [3.63, 3.8) is 0 Å². The SMILES string of the molecule is COc1ccc(C(=O)OCC(=O)c2cccc(Cl)c2)cc1S(=O)(=O)N1CCOCC1. The highest BCUT2D eigenvalue weighted by molar-refractivity contribution is 7.89. The molecule has 0 bridgehead atoms. The van der Waals surface area contributed by atoms with E-state index in [1.54, 1.807) is 18.2 Å². The number of hydrogen-bond donors (Lipinski definition) is 0. The van der Waals surface area contributed by atoms with Gasteiger partial charge in [-0.05, 0) is 30.3 Å². The van der Waals surface area contributed by atoms with Crippen molar-refractivity contribution in [1.29, 1.82) is 0 Å². The Morgan fingerprint density at radius 2 is 1.83 bits per heavy atom. The van der Waals surface area contributed by atoms with Crippen molar-refractivity contribution in [2.24, 2.45) is 0 Å². The summed E-state index contributed by atoms with van der Waals surface area (Å²) < 4.78 is 42.7. The summed E-state index contributed by atoms with van der Waals surface area (Å²) in [5, 5.41) is 0.389. The lowest BCUT2D eigenvalue weighted by atomic mass is 10.1. The van der Waals surface area contributed by atoms with E-state index < -0.39 is 28.4 Å². The van der Waals surface area contributed by atoms with Gasteiger partial charge in [0.1, 0.15) is 10.6 Å². The molecule has 2 aromatic rings. The molecule has 0 amide bonds. The maximum atomic E-state index is 13.0. The maximum Gasteiger partial charge on any atom is 0.338 e. The standard InChI is InChI=1S/C20H20ClNO7S/c1-27-18-6-5-15(12-19(18)30(25,26)22-7-9-28-10-8-22)20(24)29-13-17(23)14-3-2-4-16(21)11-14/h2-6,11-12H,7-10,13H2,1H3. The largest absolute Gasteiger partial charge is 0.495 e. The number of ether oxygens (including phenoxy) is 3. The molecule has 1 fully saturated rings. The van der Waals surface area contributed by atoms with Crippen molar-refractivity contribution in [2.75, 3.05) is 40.0 Å². The van der Waals surface area contributed by atoms with Crippen LogP contribution in [0.1, 0.15) is 20.7 Å². The summed E-state index contributed by atoms with van der Waals surface area (Å²) >= 11 is 5.86. The Morgan fingerprint density at radius 1 is 1.10 bits per heavy atom. The zero-order chi connectivity index (χ0) is 21.7. The number of rotatable bonds is 7. The number of Topliss-reactive ketones (excluding diaryl/α,β-unsaturated/α-hetero) is 1. The molecule has 10 heteroatoms. The summed E-state index contributed by atoms with van der Waals surface area (Å²) in [6.07, 6.45) is 0. The van der Waals surface area contributed by atoms with E-state index in [1.807, 2.05) is 0 Å². The third-order valence-electron chi connectivity index (χ3n) is 4.47. The summed E-state index contributed by atoms with van der Waals surface area (Å²) in [6, 6.07) is 10.2. The summed E-state index contributed by atoms with van der Waals surface area (Å²) in [4.78, 5) is 24.5. The first kappa shape index (κ1) is 22.2. The lowest BCUT2D eigenvalue weighted by molar-refractivity contribution is 0.0474. The first-order chi connectivity index (χ1) is 14.3. The minimum atomic E-state index is -3.90. The van der Waals surface area contributed by atoms with Gasteiger partial charge in [0.05, 0.1) is 25.9 Å². The van der Waals surface area contributed by atoms with Gasteiger partial charge in [-0.25, -0.2) is 13.2 Å². The second-order valence-corrected chi connectivity index (χ2v) is 8.73. The Balaban J connectivity index is 1.78. The van der Waals surface area contributed by atoms with E-state index in [2.05, 4.69) is 0 Å². The highest BCUT2D eigenvalue weighted by Gasteiger charge is 2.30. The van der Waals surface area contributed by atoms with Gasteiger partial charge in [-0.2, -0.15) is 4.31 Å². The fourth-order valence-corrected chi connectivity index (χ4v) is 4.67. The zero-order valence-electron chi connectivity index (χ0n) is 16.2. The van der Waals surface area contributed by atoms with Gasteiger partial charge in [0.2, 0.25) is 10.0 Å². The first-order valence-corrected chi connectivity index (χ1v) is 10.9. The summed E-state index contributed by atoms with van der Waals surface area (Å²) in [5.41, 5.74) is 0.294. The molecule has 30 heavy (non-hydrogen) atoms. The Bertz CT molecular complexity index is 1050. The van der Waals surface area contributed by atoms with Crippen molar-refractivity contribution >= 4 is 33.4 Å². The molecule has 0 aromatic heterocycles.